The number of sulfonamides is 1. The van der Waals surface area contributed by atoms with Crippen molar-refractivity contribution in [1.82, 2.24) is 4.72 Å². The van der Waals surface area contributed by atoms with Gasteiger partial charge in [0.25, 0.3) is 0 Å². The van der Waals surface area contributed by atoms with Crippen molar-refractivity contribution in [3.05, 3.63) is 0 Å². The summed E-state index contributed by atoms with van der Waals surface area (Å²) in [5.74, 6) is 0. The average Bonchev–Trinajstić information content (AvgIpc) is 2.25. The molecule has 100 valence electrons. The third-order valence-electron chi connectivity index (χ3n) is 2.75. The minimum Gasteiger partial charge on any atom is -0.211 e. The molecule has 0 saturated heterocycles. The first kappa shape index (κ1) is 16.4. The molecule has 0 bridgehead atoms. The first-order chi connectivity index (χ1) is 7.97. The van der Waals surface area contributed by atoms with Crippen LogP contribution in [0.2, 0.25) is 0 Å². The van der Waals surface area contributed by atoms with Gasteiger partial charge in [-0.1, -0.05) is 39.5 Å². The van der Waals surface area contributed by atoms with E-state index >= 15 is 0 Å². The van der Waals surface area contributed by atoms with Gasteiger partial charge in [-0.3, -0.25) is 0 Å². The van der Waals surface area contributed by atoms with Crippen molar-refractivity contribution in [2.75, 3.05) is 0 Å². The van der Waals surface area contributed by atoms with Crippen molar-refractivity contribution in [2.24, 2.45) is 0 Å². The Hall–Kier alpha value is -0.600. The van der Waals surface area contributed by atoms with E-state index in [0.717, 1.165) is 19.3 Å². The van der Waals surface area contributed by atoms with E-state index in [1.807, 2.05) is 13.0 Å². The summed E-state index contributed by atoms with van der Waals surface area (Å²) in [5, 5.41) is 7.82. The van der Waals surface area contributed by atoms with Crippen LogP contribution in [0.25, 0.3) is 0 Å². The molecule has 0 aromatic carbocycles. The largest absolute Gasteiger partial charge is 0.228 e. The average molecular weight is 260 g/mol. The number of nitriles is 1. The zero-order chi connectivity index (χ0) is 13.3. The van der Waals surface area contributed by atoms with E-state index in [4.69, 9.17) is 5.26 Å². The van der Waals surface area contributed by atoms with Crippen molar-refractivity contribution in [3.63, 3.8) is 0 Å². The van der Waals surface area contributed by atoms with Gasteiger partial charge < -0.3 is 0 Å². The quantitative estimate of drug-likeness (QED) is 0.648. The Bertz CT molecular complexity index is 333. The zero-order valence-electron chi connectivity index (χ0n) is 11.1. The fourth-order valence-electron chi connectivity index (χ4n) is 1.68. The molecule has 5 heteroatoms. The summed E-state index contributed by atoms with van der Waals surface area (Å²) in [6, 6.07) is 1.74. The second-order valence-electron chi connectivity index (χ2n) is 4.44. The van der Waals surface area contributed by atoms with Crippen LogP contribution in [-0.4, -0.2) is 19.7 Å². The molecule has 0 fully saturated rings. The summed E-state index contributed by atoms with van der Waals surface area (Å²) in [6.07, 6.45) is 5.69. The van der Waals surface area contributed by atoms with Gasteiger partial charge in [-0.25, -0.2) is 13.1 Å². The number of rotatable bonds is 9. The molecule has 2 unspecified atom stereocenters. The van der Waals surface area contributed by atoms with Crippen molar-refractivity contribution >= 4 is 10.0 Å². The molecule has 0 amide bonds. The minimum absolute atomic E-state index is 0.0840. The van der Waals surface area contributed by atoms with E-state index in [9.17, 15) is 8.42 Å². The normalized spacial score (nSPS) is 15.2. The number of hydrogen-bond acceptors (Lipinski definition) is 3. The van der Waals surface area contributed by atoms with Crippen LogP contribution in [0.4, 0.5) is 0 Å². The van der Waals surface area contributed by atoms with Gasteiger partial charge in [0.05, 0.1) is 6.07 Å². The van der Waals surface area contributed by atoms with Crippen LogP contribution in [0.15, 0.2) is 0 Å². The van der Waals surface area contributed by atoms with Gasteiger partial charge >= 0.3 is 0 Å². The molecular weight excluding hydrogens is 236 g/mol. The number of nitrogens with zero attached hydrogens (tertiary/aromatic N) is 1. The molecule has 2 atom stereocenters. The van der Waals surface area contributed by atoms with Gasteiger partial charge in [-0.15, -0.1) is 0 Å². The molecule has 0 aliphatic carbocycles. The molecule has 0 radical (unpaired) electrons. The Morgan fingerprint density at radius 2 is 1.88 bits per heavy atom. The molecule has 0 rings (SSSR count). The zero-order valence-corrected chi connectivity index (χ0v) is 11.9. The molecule has 0 aromatic rings. The topological polar surface area (TPSA) is 70.0 Å². The Labute approximate surface area is 105 Å². The highest BCUT2D eigenvalue weighted by molar-refractivity contribution is 7.90. The molecule has 0 spiro atoms. The number of unbranched alkanes of at least 4 members (excludes halogenated alkanes) is 3. The van der Waals surface area contributed by atoms with Gasteiger partial charge in [0, 0.05) is 6.04 Å². The van der Waals surface area contributed by atoms with Gasteiger partial charge in [0.1, 0.15) is 0 Å². The van der Waals surface area contributed by atoms with E-state index in [-0.39, 0.29) is 6.04 Å². The van der Waals surface area contributed by atoms with Crippen LogP contribution < -0.4 is 4.72 Å². The fraction of sp³-hybridized carbons (Fsp3) is 0.917. The highest BCUT2D eigenvalue weighted by Crippen LogP contribution is 2.09. The number of nitrogens with one attached hydrogen (secondary N) is 1. The van der Waals surface area contributed by atoms with E-state index in [0.29, 0.717) is 6.42 Å². The maximum Gasteiger partial charge on any atom is 0.228 e. The lowest BCUT2D eigenvalue weighted by atomic mass is 10.1. The molecule has 0 aliphatic rings. The molecule has 0 aromatic heterocycles. The van der Waals surface area contributed by atoms with Crippen molar-refractivity contribution in [1.29, 1.82) is 5.26 Å². The minimum atomic E-state index is -3.48. The van der Waals surface area contributed by atoms with Crippen molar-refractivity contribution in [3.8, 4) is 6.07 Å². The standard InChI is InChI=1S/C12H24N2O2S/c1-4-6-7-8-9-11(3)14-17(15,16)12(5-2)10-13/h11-12,14H,4-9H2,1-3H3. The SMILES string of the molecule is CCCCCCC(C)NS(=O)(=O)C(C#N)CC. The van der Waals surface area contributed by atoms with Gasteiger partial charge in [-0.05, 0) is 19.8 Å². The molecule has 17 heavy (non-hydrogen) atoms. The van der Waals surface area contributed by atoms with Crippen LogP contribution >= 0.6 is 0 Å². The van der Waals surface area contributed by atoms with Gasteiger partial charge in [-0.2, -0.15) is 5.26 Å². The van der Waals surface area contributed by atoms with Crippen molar-refractivity contribution in [2.45, 2.75) is 70.6 Å². The van der Waals surface area contributed by atoms with Crippen LogP contribution in [0.5, 0.6) is 0 Å². The third kappa shape index (κ3) is 6.64. The molecule has 0 aliphatic heterocycles. The Kier molecular flexibility index (Phi) is 8.19. The summed E-state index contributed by atoms with van der Waals surface area (Å²) in [7, 11) is -3.48. The van der Waals surface area contributed by atoms with E-state index < -0.39 is 15.3 Å². The van der Waals surface area contributed by atoms with Crippen LogP contribution in [0.1, 0.15) is 59.3 Å². The Balaban J connectivity index is 4.10. The fourth-order valence-corrected chi connectivity index (χ4v) is 3.10. The molecular formula is C12H24N2O2S. The van der Waals surface area contributed by atoms with Crippen LogP contribution in [0.3, 0.4) is 0 Å². The van der Waals surface area contributed by atoms with Crippen LogP contribution in [-0.2, 0) is 10.0 Å². The highest BCUT2D eigenvalue weighted by atomic mass is 32.2. The second-order valence-corrected chi connectivity index (χ2v) is 6.33. The number of hydrogen-bond donors (Lipinski definition) is 1. The van der Waals surface area contributed by atoms with Crippen LogP contribution in [0, 0.1) is 11.3 Å². The Morgan fingerprint density at radius 1 is 1.24 bits per heavy atom. The smallest absolute Gasteiger partial charge is 0.211 e. The predicted octanol–water partition coefficient (Wildman–Crippen LogP) is 2.57. The van der Waals surface area contributed by atoms with E-state index in [2.05, 4.69) is 11.6 Å². The lowest BCUT2D eigenvalue weighted by molar-refractivity contribution is 0.517. The summed E-state index contributed by atoms with van der Waals surface area (Å²) in [4.78, 5) is 0. The maximum atomic E-state index is 11.8. The lowest BCUT2D eigenvalue weighted by Crippen LogP contribution is -2.38. The Morgan fingerprint density at radius 3 is 2.35 bits per heavy atom. The maximum absolute atomic E-state index is 11.8. The molecule has 1 N–H and O–H groups in total. The second kappa shape index (κ2) is 8.48. The first-order valence-corrected chi connectivity index (χ1v) is 7.93. The summed E-state index contributed by atoms with van der Waals surface area (Å²) in [6.45, 7) is 5.71. The van der Waals surface area contributed by atoms with Gasteiger partial charge in [0.15, 0.2) is 5.25 Å². The summed E-state index contributed by atoms with van der Waals surface area (Å²) >= 11 is 0. The third-order valence-corrected chi connectivity index (χ3v) is 4.66. The van der Waals surface area contributed by atoms with Gasteiger partial charge in [0.2, 0.25) is 10.0 Å². The monoisotopic (exact) mass is 260 g/mol. The predicted molar refractivity (Wildman–Crippen MR) is 70.0 cm³/mol. The van der Waals surface area contributed by atoms with E-state index in [1.165, 1.54) is 12.8 Å². The summed E-state index contributed by atoms with van der Waals surface area (Å²) < 4.78 is 26.1. The lowest BCUT2D eigenvalue weighted by Gasteiger charge is -2.16. The highest BCUT2D eigenvalue weighted by Gasteiger charge is 2.24. The van der Waals surface area contributed by atoms with E-state index in [1.54, 1.807) is 6.92 Å². The molecule has 0 heterocycles. The summed E-state index contributed by atoms with van der Waals surface area (Å²) in [5.41, 5.74) is 0. The molecule has 0 saturated carbocycles. The van der Waals surface area contributed by atoms with Crippen molar-refractivity contribution < 1.29 is 8.42 Å². The first-order valence-electron chi connectivity index (χ1n) is 6.38. The molecule has 4 nitrogen and oxygen atoms in total.